The van der Waals surface area contributed by atoms with Crippen LogP contribution in [-0.4, -0.2) is 20.7 Å². The second-order valence-corrected chi connectivity index (χ2v) is 5.45. The van der Waals surface area contributed by atoms with Crippen molar-refractivity contribution in [1.29, 1.82) is 0 Å². The Labute approximate surface area is 119 Å². The Bertz CT molecular complexity index is 509. The minimum atomic E-state index is -0.792. The molecule has 5 nitrogen and oxygen atoms in total. The number of carbonyl (C=O) groups excluding carboxylic acids is 1. The van der Waals surface area contributed by atoms with Crippen molar-refractivity contribution in [2.45, 2.75) is 40.7 Å². The Hall–Kier alpha value is -1.43. The molecule has 0 aliphatic rings. The van der Waals surface area contributed by atoms with E-state index in [0.29, 0.717) is 13.0 Å². The number of amides is 1. The molecule has 1 heterocycles. The second-order valence-electron chi connectivity index (χ2n) is 5.01. The molecular formula is C13H22N4OS. The van der Waals surface area contributed by atoms with E-state index in [4.69, 9.17) is 18.0 Å². The number of hydrogen-bond donors (Lipinski definition) is 2. The fourth-order valence-corrected chi connectivity index (χ4v) is 2.12. The van der Waals surface area contributed by atoms with Crippen molar-refractivity contribution in [3.8, 4) is 0 Å². The number of nitrogens with two attached hydrogens (primary N) is 1. The van der Waals surface area contributed by atoms with Crippen LogP contribution in [0.2, 0.25) is 0 Å². The Balaban J connectivity index is 2.82. The van der Waals surface area contributed by atoms with E-state index in [1.165, 1.54) is 0 Å². The van der Waals surface area contributed by atoms with Gasteiger partial charge in [0.15, 0.2) is 0 Å². The molecule has 0 bridgehead atoms. The minimum Gasteiger partial charge on any atom is -0.392 e. The van der Waals surface area contributed by atoms with Crippen LogP contribution >= 0.6 is 12.2 Å². The molecule has 1 amide bonds. The van der Waals surface area contributed by atoms with Gasteiger partial charge >= 0.3 is 0 Å². The van der Waals surface area contributed by atoms with Crippen LogP contribution in [0.3, 0.4) is 0 Å². The van der Waals surface area contributed by atoms with Gasteiger partial charge in [0, 0.05) is 24.8 Å². The van der Waals surface area contributed by atoms with Gasteiger partial charge in [0.25, 0.3) is 0 Å². The van der Waals surface area contributed by atoms with Crippen molar-refractivity contribution in [3.05, 3.63) is 17.0 Å². The van der Waals surface area contributed by atoms with Crippen LogP contribution < -0.4 is 11.1 Å². The van der Waals surface area contributed by atoms with Crippen LogP contribution in [0.5, 0.6) is 0 Å². The first kappa shape index (κ1) is 15.6. The highest BCUT2D eigenvalue weighted by Crippen LogP contribution is 2.22. The van der Waals surface area contributed by atoms with Crippen molar-refractivity contribution in [2.24, 2.45) is 18.2 Å². The van der Waals surface area contributed by atoms with E-state index in [9.17, 15) is 4.79 Å². The summed E-state index contributed by atoms with van der Waals surface area (Å²) in [6, 6.07) is 0. The molecule has 1 aromatic rings. The molecule has 0 saturated heterocycles. The van der Waals surface area contributed by atoms with Gasteiger partial charge in [0.05, 0.1) is 16.1 Å². The Morgan fingerprint density at radius 1 is 1.53 bits per heavy atom. The van der Waals surface area contributed by atoms with Crippen molar-refractivity contribution in [3.63, 3.8) is 0 Å². The molecule has 3 N–H and O–H groups in total. The second kappa shape index (κ2) is 5.69. The first-order chi connectivity index (χ1) is 8.74. The third kappa shape index (κ3) is 2.94. The summed E-state index contributed by atoms with van der Waals surface area (Å²) in [7, 11) is 1.89. The smallest absolute Gasteiger partial charge is 0.233 e. The summed E-state index contributed by atoms with van der Waals surface area (Å²) in [5.74, 6) is -0.134. The number of rotatable bonds is 5. The molecule has 0 aliphatic heterocycles. The molecule has 0 aliphatic carbocycles. The van der Waals surface area contributed by atoms with Gasteiger partial charge in [0.2, 0.25) is 5.91 Å². The average molecular weight is 282 g/mol. The predicted octanol–water partition coefficient (Wildman–Crippen LogP) is 1.36. The monoisotopic (exact) mass is 282 g/mol. The number of nitrogens with zero attached hydrogens (tertiary/aromatic N) is 2. The normalized spacial score (nSPS) is 13.9. The van der Waals surface area contributed by atoms with Crippen LogP contribution in [0.4, 0.5) is 0 Å². The summed E-state index contributed by atoms with van der Waals surface area (Å²) < 4.78 is 1.81. The first-order valence-electron chi connectivity index (χ1n) is 6.31. The fourth-order valence-electron chi connectivity index (χ4n) is 1.88. The van der Waals surface area contributed by atoms with Gasteiger partial charge in [-0.1, -0.05) is 19.1 Å². The number of aryl methyl sites for hydroxylation is 2. The van der Waals surface area contributed by atoms with Crippen LogP contribution in [0.15, 0.2) is 0 Å². The van der Waals surface area contributed by atoms with Crippen LogP contribution in [0.25, 0.3) is 0 Å². The van der Waals surface area contributed by atoms with Gasteiger partial charge in [-0.25, -0.2) is 0 Å². The van der Waals surface area contributed by atoms with E-state index in [2.05, 4.69) is 10.4 Å². The summed E-state index contributed by atoms with van der Waals surface area (Å²) in [5.41, 5.74) is 7.89. The first-order valence-corrected chi connectivity index (χ1v) is 6.72. The summed E-state index contributed by atoms with van der Waals surface area (Å²) in [6.45, 7) is 8.03. The molecule has 0 saturated carbocycles. The molecule has 19 heavy (non-hydrogen) atoms. The molecule has 6 heteroatoms. The lowest BCUT2D eigenvalue weighted by atomic mass is 9.86. The molecule has 0 fully saturated rings. The number of aromatic nitrogens is 2. The molecule has 0 radical (unpaired) electrons. The Morgan fingerprint density at radius 2 is 2.11 bits per heavy atom. The van der Waals surface area contributed by atoms with E-state index in [0.717, 1.165) is 17.0 Å². The van der Waals surface area contributed by atoms with E-state index in [1.807, 2.05) is 32.5 Å². The summed E-state index contributed by atoms with van der Waals surface area (Å²) in [5, 5.41) is 7.23. The third-order valence-electron chi connectivity index (χ3n) is 3.84. The maximum atomic E-state index is 12.2. The zero-order valence-corrected chi connectivity index (χ0v) is 13.0. The lowest BCUT2D eigenvalue weighted by Gasteiger charge is -2.25. The lowest BCUT2D eigenvalue weighted by molar-refractivity contribution is -0.127. The molecule has 0 aromatic carbocycles. The molecule has 106 valence electrons. The van der Waals surface area contributed by atoms with Crippen molar-refractivity contribution < 1.29 is 4.79 Å². The number of nitrogens with one attached hydrogen (secondary N) is 1. The van der Waals surface area contributed by atoms with Crippen molar-refractivity contribution in [2.75, 3.05) is 0 Å². The van der Waals surface area contributed by atoms with Gasteiger partial charge in [-0.3, -0.25) is 9.48 Å². The summed E-state index contributed by atoms with van der Waals surface area (Å²) >= 11 is 4.99. The maximum absolute atomic E-state index is 12.2. The van der Waals surface area contributed by atoms with Gasteiger partial charge in [0.1, 0.15) is 0 Å². The zero-order chi connectivity index (χ0) is 14.8. The largest absolute Gasteiger partial charge is 0.392 e. The van der Waals surface area contributed by atoms with E-state index in [-0.39, 0.29) is 10.9 Å². The highest BCUT2D eigenvalue weighted by molar-refractivity contribution is 7.80. The quantitative estimate of drug-likeness (QED) is 0.800. The molecule has 1 aromatic heterocycles. The van der Waals surface area contributed by atoms with E-state index >= 15 is 0 Å². The molecule has 0 spiro atoms. The Kier molecular flexibility index (Phi) is 4.68. The van der Waals surface area contributed by atoms with Gasteiger partial charge in [-0.05, 0) is 27.2 Å². The average Bonchev–Trinajstić information content (AvgIpc) is 2.59. The molecule has 1 rings (SSSR count). The third-order valence-corrected chi connectivity index (χ3v) is 4.29. The summed E-state index contributed by atoms with van der Waals surface area (Å²) in [4.78, 5) is 12.5. The van der Waals surface area contributed by atoms with E-state index < -0.39 is 5.41 Å². The minimum absolute atomic E-state index is 0.134. The van der Waals surface area contributed by atoms with Gasteiger partial charge < -0.3 is 11.1 Å². The molecule has 1 atom stereocenters. The Morgan fingerprint density at radius 3 is 2.47 bits per heavy atom. The van der Waals surface area contributed by atoms with Gasteiger partial charge in [-0.15, -0.1) is 0 Å². The SMILES string of the molecule is CCC(C)(C(=O)NCc1c(C)nn(C)c1C)C(N)=S. The molecular weight excluding hydrogens is 260 g/mol. The fraction of sp³-hybridized carbons (Fsp3) is 0.615. The summed E-state index contributed by atoms with van der Waals surface area (Å²) in [6.07, 6.45) is 0.583. The highest BCUT2D eigenvalue weighted by Gasteiger charge is 2.34. The van der Waals surface area contributed by atoms with Crippen LogP contribution in [-0.2, 0) is 18.4 Å². The number of thiocarbonyl (C=S) groups is 1. The number of hydrogen-bond acceptors (Lipinski definition) is 3. The highest BCUT2D eigenvalue weighted by atomic mass is 32.1. The van der Waals surface area contributed by atoms with Gasteiger partial charge in [-0.2, -0.15) is 5.10 Å². The van der Waals surface area contributed by atoms with Crippen molar-refractivity contribution >= 4 is 23.1 Å². The van der Waals surface area contributed by atoms with Crippen molar-refractivity contribution in [1.82, 2.24) is 15.1 Å². The van der Waals surface area contributed by atoms with Crippen LogP contribution in [0.1, 0.15) is 37.2 Å². The topological polar surface area (TPSA) is 72.9 Å². The number of carbonyl (C=O) groups is 1. The lowest BCUT2D eigenvalue weighted by Crippen LogP contribution is -2.46. The standard InChI is InChI=1S/C13H22N4OS/c1-6-13(4,11(14)19)12(18)15-7-10-8(2)16-17(5)9(10)3/h6-7H2,1-5H3,(H2,14,19)(H,15,18). The maximum Gasteiger partial charge on any atom is 0.233 e. The predicted molar refractivity (Wildman–Crippen MR) is 79.7 cm³/mol. The zero-order valence-electron chi connectivity index (χ0n) is 12.2. The van der Waals surface area contributed by atoms with E-state index in [1.54, 1.807) is 6.92 Å². The molecule has 1 unspecified atom stereocenters. The van der Waals surface area contributed by atoms with Crippen LogP contribution in [0, 0.1) is 19.3 Å².